The van der Waals surface area contributed by atoms with Gasteiger partial charge in [0, 0.05) is 17.9 Å². The van der Waals surface area contributed by atoms with Crippen molar-refractivity contribution in [3.05, 3.63) is 59.2 Å². The van der Waals surface area contributed by atoms with E-state index >= 15 is 0 Å². The summed E-state index contributed by atoms with van der Waals surface area (Å²) in [4.78, 5) is 36.4. The van der Waals surface area contributed by atoms with E-state index in [2.05, 4.69) is 0 Å². The maximum absolute atomic E-state index is 12.7. The van der Waals surface area contributed by atoms with Crippen LogP contribution in [0.1, 0.15) is 53.6 Å². The lowest BCUT2D eigenvalue weighted by Gasteiger charge is -2.22. The number of rotatable bonds is 11. The normalized spacial score (nSPS) is 11.4. The Bertz CT molecular complexity index is 904. The number of methoxy groups -OCH3 is 2. The maximum atomic E-state index is 12.7. The van der Waals surface area contributed by atoms with Gasteiger partial charge in [0.05, 0.1) is 26.4 Å². The molecule has 0 aliphatic carbocycles. The summed E-state index contributed by atoms with van der Waals surface area (Å²) in [5.41, 5.74) is 1.10. The van der Waals surface area contributed by atoms with Crippen molar-refractivity contribution in [3.8, 4) is 11.5 Å². The molecule has 0 radical (unpaired) electrons. The summed E-state index contributed by atoms with van der Waals surface area (Å²) in [5.74, 6) is -1.74. The SMILES string of the molecule is CCCOC(=O)CC(=O)CC(c1ccccc1OC)c1cc(OC)ccc1C(=O)O. The topological polar surface area (TPSA) is 99.1 Å². The van der Waals surface area contributed by atoms with Gasteiger partial charge in [-0.3, -0.25) is 9.59 Å². The van der Waals surface area contributed by atoms with E-state index in [9.17, 15) is 19.5 Å². The third-order valence-corrected chi connectivity index (χ3v) is 4.62. The van der Waals surface area contributed by atoms with Crippen LogP contribution in [0.3, 0.4) is 0 Å². The summed E-state index contributed by atoms with van der Waals surface area (Å²) in [6.45, 7) is 2.12. The molecule has 0 aliphatic rings. The molecule has 2 aromatic carbocycles. The van der Waals surface area contributed by atoms with E-state index in [-0.39, 0.29) is 30.8 Å². The highest BCUT2D eigenvalue weighted by Gasteiger charge is 2.27. The first kappa shape index (κ1) is 22.9. The number of ether oxygens (including phenoxy) is 3. The number of esters is 1. The summed E-state index contributed by atoms with van der Waals surface area (Å²) >= 11 is 0. The van der Waals surface area contributed by atoms with E-state index in [0.29, 0.717) is 29.0 Å². The fourth-order valence-corrected chi connectivity index (χ4v) is 3.22. The van der Waals surface area contributed by atoms with Crippen LogP contribution in [0.5, 0.6) is 11.5 Å². The third-order valence-electron chi connectivity index (χ3n) is 4.62. The van der Waals surface area contributed by atoms with Crippen molar-refractivity contribution >= 4 is 17.7 Å². The molecule has 0 aliphatic heterocycles. The van der Waals surface area contributed by atoms with Crippen LogP contribution in [0.25, 0.3) is 0 Å². The average Bonchev–Trinajstić information content (AvgIpc) is 2.75. The highest BCUT2D eigenvalue weighted by molar-refractivity contribution is 5.96. The number of carbonyl (C=O) groups is 3. The summed E-state index contributed by atoms with van der Waals surface area (Å²) in [5, 5.41) is 9.70. The Kier molecular flexibility index (Phi) is 8.41. The number of hydrogen-bond acceptors (Lipinski definition) is 6. The van der Waals surface area contributed by atoms with E-state index in [1.807, 2.05) is 6.92 Å². The Morgan fingerprint density at radius 1 is 1.00 bits per heavy atom. The van der Waals surface area contributed by atoms with Crippen LogP contribution in [0, 0.1) is 0 Å². The van der Waals surface area contributed by atoms with Crippen molar-refractivity contribution in [2.24, 2.45) is 0 Å². The summed E-state index contributed by atoms with van der Waals surface area (Å²) < 4.78 is 15.7. The zero-order chi connectivity index (χ0) is 22.1. The number of carbonyl (C=O) groups excluding carboxylic acids is 2. The predicted molar refractivity (Wildman–Crippen MR) is 110 cm³/mol. The van der Waals surface area contributed by atoms with Crippen molar-refractivity contribution in [1.82, 2.24) is 0 Å². The van der Waals surface area contributed by atoms with Crippen LogP contribution in [-0.2, 0) is 14.3 Å². The van der Waals surface area contributed by atoms with Crippen molar-refractivity contribution in [2.45, 2.75) is 32.1 Å². The second-order valence-corrected chi connectivity index (χ2v) is 6.69. The second-order valence-electron chi connectivity index (χ2n) is 6.69. The lowest BCUT2D eigenvalue weighted by Crippen LogP contribution is -2.17. The Balaban J connectivity index is 2.49. The number of benzene rings is 2. The predicted octanol–water partition coefficient (Wildman–Crippen LogP) is 3.84. The van der Waals surface area contributed by atoms with E-state index in [4.69, 9.17) is 14.2 Å². The Labute approximate surface area is 175 Å². The maximum Gasteiger partial charge on any atom is 0.335 e. The van der Waals surface area contributed by atoms with Gasteiger partial charge in [0.25, 0.3) is 0 Å². The van der Waals surface area contributed by atoms with Gasteiger partial charge in [0.2, 0.25) is 0 Å². The number of aromatic carboxylic acids is 1. The number of carboxylic acid groups (broad SMARTS) is 1. The summed E-state index contributed by atoms with van der Waals surface area (Å²) in [6.07, 6.45) is 0.197. The molecular formula is C23H26O7. The molecule has 0 saturated carbocycles. The molecule has 0 amide bonds. The molecular weight excluding hydrogens is 388 g/mol. The van der Waals surface area contributed by atoms with Crippen molar-refractivity contribution in [3.63, 3.8) is 0 Å². The molecule has 0 saturated heterocycles. The Hall–Kier alpha value is -3.35. The lowest BCUT2D eigenvalue weighted by atomic mass is 9.83. The van der Waals surface area contributed by atoms with Crippen molar-refractivity contribution in [1.29, 1.82) is 0 Å². The van der Waals surface area contributed by atoms with Gasteiger partial charge in [0.1, 0.15) is 23.7 Å². The number of Topliss-reactive ketones (excluding diaryl/α,β-unsaturated/α-hetero) is 1. The largest absolute Gasteiger partial charge is 0.497 e. The number of carboxylic acids is 1. The molecule has 0 aromatic heterocycles. The highest BCUT2D eigenvalue weighted by atomic mass is 16.5. The van der Waals surface area contributed by atoms with Crippen LogP contribution in [0.2, 0.25) is 0 Å². The zero-order valence-electron chi connectivity index (χ0n) is 17.3. The van der Waals surface area contributed by atoms with Gasteiger partial charge in [-0.15, -0.1) is 0 Å². The molecule has 0 fully saturated rings. The van der Waals surface area contributed by atoms with Gasteiger partial charge in [-0.1, -0.05) is 25.1 Å². The van der Waals surface area contributed by atoms with Crippen molar-refractivity contribution in [2.75, 3.05) is 20.8 Å². The summed E-state index contributed by atoms with van der Waals surface area (Å²) in [7, 11) is 2.98. The molecule has 7 nitrogen and oxygen atoms in total. The van der Waals surface area contributed by atoms with Gasteiger partial charge in [-0.05, 0) is 36.2 Å². The molecule has 2 aromatic rings. The van der Waals surface area contributed by atoms with Crippen LogP contribution in [-0.4, -0.2) is 43.7 Å². The van der Waals surface area contributed by atoms with Gasteiger partial charge in [0.15, 0.2) is 0 Å². The molecule has 2 rings (SSSR count). The van der Waals surface area contributed by atoms with E-state index in [1.54, 1.807) is 36.4 Å². The van der Waals surface area contributed by atoms with Crippen LogP contribution in [0.4, 0.5) is 0 Å². The molecule has 30 heavy (non-hydrogen) atoms. The minimum Gasteiger partial charge on any atom is -0.497 e. The van der Waals surface area contributed by atoms with Crippen LogP contribution in [0.15, 0.2) is 42.5 Å². The van der Waals surface area contributed by atoms with E-state index < -0.39 is 17.9 Å². The smallest absolute Gasteiger partial charge is 0.335 e. The monoisotopic (exact) mass is 414 g/mol. The molecule has 0 heterocycles. The zero-order valence-corrected chi connectivity index (χ0v) is 17.3. The molecule has 1 atom stereocenters. The number of hydrogen-bond donors (Lipinski definition) is 1. The molecule has 0 spiro atoms. The van der Waals surface area contributed by atoms with Gasteiger partial charge < -0.3 is 19.3 Å². The standard InChI is InChI=1S/C23H26O7/c1-4-11-30-22(25)13-15(24)12-19(17-7-5-6-8-21(17)29-3)20-14-16(28-2)9-10-18(20)23(26)27/h5-10,14,19H,4,11-13H2,1-3H3,(H,26,27). The fraction of sp³-hybridized carbons (Fsp3) is 0.348. The number of ketones is 1. The Morgan fingerprint density at radius 2 is 1.73 bits per heavy atom. The van der Waals surface area contributed by atoms with Gasteiger partial charge in [-0.2, -0.15) is 0 Å². The molecule has 7 heteroatoms. The Morgan fingerprint density at radius 3 is 2.37 bits per heavy atom. The van der Waals surface area contributed by atoms with E-state index in [0.717, 1.165) is 0 Å². The van der Waals surface area contributed by atoms with Crippen molar-refractivity contribution < 1.29 is 33.7 Å². The second kappa shape index (κ2) is 11.0. The average molecular weight is 414 g/mol. The van der Waals surface area contributed by atoms with Gasteiger partial charge in [-0.25, -0.2) is 4.79 Å². The first-order chi connectivity index (χ1) is 14.4. The molecule has 1 unspecified atom stereocenters. The van der Waals surface area contributed by atoms with Gasteiger partial charge >= 0.3 is 11.9 Å². The molecule has 1 N–H and O–H groups in total. The fourth-order valence-electron chi connectivity index (χ4n) is 3.22. The minimum absolute atomic E-state index is 0.0491. The third kappa shape index (κ3) is 5.83. The highest BCUT2D eigenvalue weighted by Crippen LogP contribution is 2.38. The first-order valence-electron chi connectivity index (χ1n) is 9.62. The lowest BCUT2D eigenvalue weighted by molar-refractivity contribution is -0.146. The first-order valence-corrected chi connectivity index (χ1v) is 9.62. The minimum atomic E-state index is -1.12. The molecule has 160 valence electrons. The van der Waals surface area contributed by atoms with Crippen LogP contribution >= 0.6 is 0 Å². The summed E-state index contributed by atoms with van der Waals surface area (Å²) in [6, 6.07) is 11.7. The number of para-hydroxylation sites is 1. The molecule has 0 bridgehead atoms. The van der Waals surface area contributed by atoms with Crippen LogP contribution < -0.4 is 9.47 Å². The quantitative estimate of drug-likeness (QED) is 0.440. The van der Waals surface area contributed by atoms with E-state index in [1.165, 1.54) is 20.3 Å².